The minimum atomic E-state index is -0.239. The third kappa shape index (κ3) is 3.96. The van der Waals surface area contributed by atoms with Crippen molar-refractivity contribution in [2.75, 3.05) is 13.7 Å². The lowest BCUT2D eigenvalue weighted by molar-refractivity contribution is 0.0929. The first-order chi connectivity index (χ1) is 15.0. The number of aromatic nitrogens is 3. The molecule has 0 spiro atoms. The summed E-state index contributed by atoms with van der Waals surface area (Å²) in [5.74, 6) is -0.239. The summed E-state index contributed by atoms with van der Waals surface area (Å²) in [6, 6.07) is 15.0. The van der Waals surface area contributed by atoms with Crippen LogP contribution in [0.3, 0.4) is 0 Å². The summed E-state index contributed by atoms with van der Waals surface area (Å²) >= 11 is 0. The molecule has 7 heteroatoms. The molecule has 31 heavy (non-hydrogen) atoms. The number of carbonyl (C=O) groups excluding carboxylic acids is 1. The summed E-state index contributed by atoms with van der Waals surface area (Å²) in [7, 11) is 1.64. The number of hydrogen-bond donors (Lipinski definition) is 1. The van der Waals surface area contributed by atoms with Crippen molar-refractivity contribution >= 4 is 22.6 Å². The molecule has 0 saturated carbocycles. The Labute approximate surface area is 180 Å². The largest absolute Gasteiger partial charge is 0.385 e. The van der Waals surface area contributed by atoms with Crippen LogP contribution in [0.1, 0.15) is 41.0 Å². The van der Waals surface area contributed by atoms with Gasteiger partial charge in [-0.3, -0.25) is 14.0 Å². The van der Waals surface area contributed by atoms with Crippen molar-refractivity contribution in [3.05, 3.63) is 81.9 Å². The summed E-state index contributed by atoms with van der Waals surface area (Å²) in [4.78, 5) is 31.1. The summed E-state index contributed by atoms with van der Waals surface area (Å²) in [5.41, 5.74) is 3.27. The number of pyridine rings is 1. The molecule has 0 fully saturated rings. The Hall–Kier alpha value is -3.45. The van der Waals surface area contributed by atoms with Gasteiger partial charge in [0.2, 0.25) is 0 Å². The zero-order chi connectivity index (χ0) is 22.0. The topological polar surface area (TPSA) is 77.6 Å². The molecule has 1 aromatic carbocycles. The van der Waals surface area contributed by atoms with E-state index in [1.165, 1.54) is 4.40 Å². The zero-order valence-corrected chi connectivity index (χ0v) is 18.0. The number of aryl methyl sites for hydroxylation is 2. The average molecular weight is 418 g/mol. The molecule has 0 saturated heterocycles. The fourth-order valence-corrected chi connectivity index (χ4v) is 3.84. The van der Waals surface area contributed by atoms with Gasteiger partial charge in [-0.25, -0.2) is 4.98 Å². The Morgan fingerprint density at radius 2 is 1.94 bits per heavy atom. The van der Waals surface area contributed by atoms with Crippen LogP contribution < -0.4 is 10.9 Å². The molecule has 0 radical (unpaired) electrons. The van der Waals surface area contributed by atoms with Crippen molar-refractivity contribution in [1.82, 2.24) is 19.3 Å². The first kappa shape index (κ1) is 20.8. The van der Waals surface area contributed by atoms with Crippen molar-refractivity contribution in [2.24, 2.45) is 0 Å². The summed E-state index contributed by atoms with van der Waals surface area (Å²) < 4.78 is 8.55. The number of ether oxygens (including phenoxy) is 1. The van der Waals surface area contributed by atoms with Gasteiger partial charge in [0.1, 0.15) is 17.0 Å². The molecule has 4 aromatic rings. The Kier molecular flexibility index (Phi) is 5.86. The van der Waals surface area contributed by atoms with E-state index in [1.54, 1.807) is 19.4 Å². The van der Waals surface area contributed by atoms with Crippen LogP contribution in [0.25, 0.3) is 16.7 Å². The van der Waals surface area contributed by atoms with Crippen LogP contribution in [0.5, 0.6) is 0 Å². The van der Waals surface area contributed by atoms with Gasteiger partial charge in [-0.05, 0) is 43.5 Å². The number of rotatable bonds is 7. The third-order valence-electron chi connectivity index (χ3n) is 5.50. The molecule has 0 bridgehead atoms. The summed E-state index contributed by atoms with van der Waals surface area (Å²) in [5, 5.41) is 3.48. The Balaban J connectivity index is 1.81. The van der Waals surface area contributed by atoms with Gasteiger partial charge in [-0.2, -0.15) is 0 Å². The van der Waals surface area contributed by atoms with Gasteiger partial charge >= 0.3 is 0 Å². The maximum atomic E-state index is 13.2. The number of hydrogen-bond acceptors (Lipinski definition) is 4. The standard InChI is InChI=1S/C24H26N4O3/c1-16-9-7-12-28-21(16)26-22-19(24(28)30)15-20(27(22)13-8-14-31-3)23(29)25-17(2)18-10-5-4-6-11-18/h4-7,9-12,15,17H,8,13-14H2,1-3H3,(H,25,29). The second-order valence-electron chi connectivity index (χ2n) is 7.67. The molecular weight excluding hydrogens is 392 g/mol. The van der Waals surface area contributed by atoms with E-state index in [9.17, 15) is 9.59 Å². The Morgan fingerprint density at radius 1 is 1.16 bits per heavy atom. The molecule has 1 N–H and O–H groups in total. The minimum Gasteiger partial charge on any atom is -0.385 e. The van der Waals surface area contributed by atoms with Crippen LogP contribution in [0.2, 0.25) is 0 Å². The van der Waals surface area contributed by atoms with Crippen LogP contribution in [-0.4, -0.2) is 33.6 Å². The van der Waals surface area contributed by atoms with E-state index in [0.29, 0.717) is 41.9 Å². The number of nitrogens with one attached hydrogen (secondary N) is 1. The number of carbonyl (C=O) groups is 1. The predicted molar refractivity (Wildman–Crippen MR) is 121 cm³/mol. The van der Waals surface area contributed by atoms with Gasteiger partial charge in [-0.1, -0.05) is 36.4 Å². The van der Waals surface area contributed by atoms with Crippen molar-refractivity contribution < 1.29 is 9.53 Å². The Morgan fingerprint density at radius 3 is 2.68 bits per heavy atom. The van der Waals surface area contributed by atoms with Crippen molar-refractivity contribution in [3.63, 3.8) is 0 Å². The molecule has 1 atom stereocenters. The summed E-state index contributed by atoms with van der Waals surface area (Å²) in [6.45, 7) is 4.93. The molecule has 1 unspecified atom stereocenters. The fraction of sp³-hybridized carbons (Fsp3) is 0.292. The molecule has 3 aromatic heterocycles. The lowest BCUT2D eigenvalue weighted by Crippen LogP contribution is -2.28. The van der Waals surface area contributed by atoms with Gasteiger partial charge in [0.05, 0.1) is 11.4 Å². The van der Waals surface area contributed by atoms with Crippen LogP contribution in [0.4, 0.5) is 0 Å². The highest BCUT2D eigenvalue weighted by Crippen LogP contribution is 2.20. The lowest BCUT2D eigenvalue weighted by Gasteiger charge is -2.16. The monoisotopic (exact) mass is 418 g/mol. The van der Waals surface area contributed by atoms with E-state index in [2.05, 4.69) is 5.32 Å². The number of fused-ring (bicyclic) bond motifs is 2. The minimum absolute atomic E-state index is 0.172. The van der Waals surface area contributed by atoms with Gasteiger partial charge in [-0.15, -0.1) is 0 Å². The Bertz CT molecular complexity index is 1290. The van der Waals surface area contributed by atoms with Crippen LogP contribution in [-0.2, 0) is 11.3 Å². The third-order valence-corrected chi connectivity index (χ3v) is 5.50. The van der Waals surface area contributed by atoms with Gasteiger partial charge in [0, 0.05) is 26.5 Å². The van der Waals surface area contributed by atoms with Crippen molar-refractivity contribution in [2.45, 2.75) is 32.9 Å². The summed E-state index contributed by atoms with van der Waals surface area (Å²) in [6.07, 6.45) is 2.40. The van der Waals surface area contributed by atoms with Crippen molar-refractivity contribution in [3.8, 4) is 0 Å². The van der Waals surface area contributed by atoms with Crippen molar-refractivity contribution in [1.29, 1.82) is 0 Å². The highest BCUT2D eigenvalue weighted by molar-refractivity contribution is 5.98. The number of amides is 1. The maximum absolute atomic E-state index is 13.2. The molecule has 3 heterocycles. The number of nitrogens with zero attached hydrogens (tertiary/aromatic N) is 3. The first-order valence-corrected chi connectivity index (χ1v) is 10.4. The van der Waals surface area contributed by atoms with Gasteiger partial charge in [0.15, 0.2) is 0 Å². The van der Waals surface area contributed by atoms with E-state index >= 15 is 0 Å². The van der Waals surface area contributed by atoms with E-state index in [0.717, 1.165) is 11.1 Å². The predicted octanol–water partition coefficient (Wildman–Crippen LogP) is 3.49. The van der Waals surface area contributed by atoms with Crippen LogP contribution in [0.15, 0.2) is 59.5 Å². The molecule has 0 aliphatic carbocycles. The van der Waals surface area contributed by atoms with E-state index in [-0.39, 0.29) is 17.5 Å². The molecule has 160 valence electrons. The molecule has 4 rings (SSSR count). The van der Waals surface area contributed by atoms with E-state index in [1.807, 2.05) is 60.9 Å². The SMILES string of the molecule is COCCCn1c(C(=O)NC(C)c2ccccc2)cc2c(=O)n3cccc(C)c3nc21. The quantitative estimate of drug-likeness (QED) is 0.466. The van der Waals surface area contributed by atoms with E-state index in [4.69, 9.17) is 9.72 Å². The molecule has 1 amide bonds. The second kappa shape index (κ2) is 8.73. The molecule has 7 nitrogen and oxygen atoms in total. The molecular formula is C24H26N4O3. The fourth-order valence-electron chi connectivity index (χ4n) is 3.84. The average Bonchev–Trinajstić information content (AvgIpc) is 3.14. The van der Waals surface area contributed by atoms with E-state index < -0.39 is 0 Å². The maximum Gasteiger partial charge on any atom is 0.268 e. The lowest BCUT2D eigenvalue weighted by atomic mass is 10.1. The number of benzene rings is 1. The van der Waals surface area contributed by atoms with Crippen LogP contribution in [0, 0.1) is 6.92 Å². The highest BCUT2D eigenvalue weighted by atomic mass is 16.5. The van der Waals surface area contributed by atoms with Gasteiger partial charge < -0.3 is 14.6 Å². The zero-order valence-electron chi connectivity index (χ0n) is 18.0. The molecule has 0 aliphatic rings. The van der Waals surface area contributed by atoms with Gasteiger partial charge in [0.25, 0.3) is 11.5 Å². The number of methoxy groups -OCH3 is 1. The first-order valence-electron chi connectivity index (χ1n) is 10.4. The highest BCUT2D eigenvalue weighted by Gasteiger charge is 2.21. The normalized spacial score (nSPS) is 12.4. The smallest absolute Gasteiger partial charge is 0.268 e. The second-order valence-corrected chi connectivity index (χ2v) is 7.67. The van der Waals surface area contributed by atoms with Crippen LogP contribution >= 0.6 is 0 Å². The molecule has 0 aliphatic heterocycles.